The van der Waals surface area contributed by atoms with Crippen molar-refractivity contribution in [3.05, 3.63) is 53.4 Å². The molecule has 0 saturated carbocycles. The minimum absolute atomic E-state index is 0.0261. The van der Waals surface area contributed by atoms with E-state index >= 15 is 0 Å². The second-order valence-electron chi connectivity index (χ2n) is 4.71. The van der Waals surface area contributed by atoms with Gasteiger partial charge in [-0.1, -0.05) is 6.07 Å². The van der Waals surface area contributed by atoms with Crippen LogP contribution in [-0.4, -0.2) is 27.3 Å². The van der Waals surface area contributed by atoms with Gasteiger partial charge in [0, 0.05) is 12.7 Å². The molecule has 1 amide bonds. The van der Waals surface area contributed by atoms with Crippen LogP contribution in [0.25, 0.3) is 0 Å². The van der Waals surface area contributed by atoms with E-state index in [4.69, 9.17) is 0 Å². The van der Waals surface area contributed by atoms with Crippen molar-refractivity contribution in [2.75, 3.05) is 6.54 Å². The third-order valence-corrected chi connectivity index (χ3v) is 2.89. The van der Waals surface area contributed by atoms with Gasteiger partial charge in [-0.3, -0.25) is 9.48 Å². The van der Waals surface area contributed by atoms with Crippen molar-refractivity contribution in [3.8, 4) is 0 Å². The van der Waals surface area contributed by atoms with E-state index in [9.17, 15) is 18.7 Å². The van der Waals surface area contributed by atoms with Crippen LogP contribution in [0.1, 0.15) is 17.2 Å². The Morgan fingerprint density at radius 3 is 2.81 bits per heavy atom. The molecule has 0 spiro atoms. The molecule has 1 aromatic heterocycles. The van der Waals surface area contributed by atoms with Gasteiger partial charge in [-0.15, -0.1) is 0 Å². The standard InChI is InChI=1S/C14H15F2N3O2/c1-9-5-18-19(7-9)8-14(21)17-6-13(20)10-2-3-11(15)12(16)4-10/h2-5,7,13,20H,6,8H2,1H3,(H,17,21)/t13-/m1/s1. The molecule has 2 aromatic rings. The van der Waals surface area contributed by atoms with Crippen molar-refractivity contribution in [1.82, 2.24) is 15.1 Å². The number of rotatable bonds is 5. The molecular weight excluding hydrogens is 280 g/mol. The summed E-state index contributed by atoms with van der Waals surface area (Å²) in [6.07, 6.45) is 2.23. The molecule has 0 bridgehead atoms. The van der Waals surface area contributed by atoms with Crippen LogP contribution >= 0.6 is 0 Å². The Morgan fingerprint density at radius 2 is 2.19 bits per heavy atom. The molecule has 7 heteroatoms. The summed E-state index contributed by atoms with van der Waals surface area (Å²) in [5.74, 6) is -2.35. The lowest BCUT2D eigenvalue weighted by Gasteiger charge is -2.12. The average Bonchev–Trinajstić information content (AvgIpc) is 2.84. The monoisotopic (exact) mass is 295 g/mol. The van der Waals surface area contributed by atoms with Crippen molar-refractivity contribution >= 4 is 5.91 Å². The number of hydrogen-bond acceptors (Lipinski definition) is 3. The number of halogens is 2. The molecule has 0 aliphatic heterocycles. The highest BCUT2D eigenvalue weighted by Gasteiger charge is 2.12. The molecule has 112 valence electrons. The Kier molecular flexibility index (Phi) is 4.64. The summed E-state index contributed by atoms with van der Waals surface area (Å²) in [4.78, 5) is 11.7. The first-order chi connectivity index (χ1) is 9.95. The molecule has 2 N–H and O–H groups in total. The maximum Gasteiger partial charge on any atom is 0.241 e. The first-order valence-corrected chi connectivity index (χ1v) is 6.34. The predicted octanol–water partition coefficient (Wildman–Crippen LogP) is 1.32. The molecule has 1 aromatic carbocycles. The average molecular weight is 295 g/mol. The Hall–Kier alpha value is -2.28. The maximum atomic E-state index is 13.0. The Morgan fingerprint density at radius 1 is 1.43 bits per heavy atom. The lowest BCUT2D eigenvalue weighted by Crippen LogP contribution is -2.31. The first-order valence-electron chi connectivity index (χ1n) is 6.34. The molecule has 1 heterocycles. The lowest BCUT2D eigenvalue weighted by molar-refractivity contribution is -0.122. The number of aromatic nitrogens is 2. The lowest BCUT2D eigenvalue weighted by atomic mass is 10.1. The number of aryl methyl sites for hydroxylation is 1. The molecule has 0 unspecified atom stereocenters. The maximum absolute atomic E-state index is 13.0. The van der Waals surface area contributed by atoms with Gasteiger partial charge in [0.1, 0.15) is 6.54 Å². The third kappa shape index (κ3) is 4.09. The summed E-state index contributed by atoms with van der Waals surface area (Å²) in [7, 11) is 0. The number of aliphatic hydroxyl groups excluding tert-OH is 1. The summed E-state index contributed by atoms with van der Waals surface area (Å²) in [5, 5.41) is 16.3. The predicted molar refractivity (Wildman–Crippen MR) is 71.3 cm³/mol. The van der Waals surface area contributed by atoms with Crippen molar-refractivity contribution in [2.45, 2.75) is 19.6 Å². The zero-order valence-electron chi connectivity index (χ0n) is 11.4. The van der Waals surface area contributed by atoms with Crippen molar-refractivity contribution in [3.63, 3.8) is 0 Å². The fourth-order valence-electron chi connectivity index (χ4n) is 1.80. The van der Waals surface area contributed by atoms with Crippen molar-refractivity contribution in [1.29, 1.82) is 0 Å². The Balaban J connectivity index is 1.86. The quantitative estimate of drug-likeness (QED) is 0.874. The largest absolute Gasteiger partial charge is 0.387 e. The fourth-order valence-corrected chi connectivity index (χ4v) is 1.80. The number of carbonyl (C=O) groups excluding carboxylic acids is 1. The third-order valence-electron chi connectivity index (χ3n) is 2.89. The smallest absolute Gasteiger partial charge is 0.241 e. The van der Waals surface area contributed by atoms with Gasteiger partial charge >= 0.3 is 0 Å². The molecule has 0 fully saturated rings. The van der Waals surface area contributed by atoms with Crippen molar-refractivity contribution in [2.24, 2.45) is 0 Å². The van der Waals surface area contributed by atoms with E-state index < -0.39 is 17.7 Å². The number of hydrogen-bond donors (Lipinski definition) is 2. The van der Waals surface area contributed by atoms with Gasteiger partial charge < -0.3 is 10.4 Å². The summed E-state index contributed by atoms with van der Waals surface area (Å²) < 4.78 is 27.3. The topological polar surface area (TPSA) is 67.2 Å². The Labute approximate surface area is 120 Å². The minimum Gasteiger partial charge on any atom is -0.387 e. The number of benzene rings is 1. The molecule has 5 nitrogen and oxygen atoms in total. The zero-order valence-corrected chi connectivity index (χ0v) is 11.4. The van der Waals surface area contributed by atoms with Gasteiger partial charge in [-0.05, 0) is 30.2 Å². The summed E-state index contributed by atoms with van der Waals surface area (Å²) >= 11 is 0. The van der Waals surface area contributed by atoms with E-state index in [0.717, 1.165) is 17.7 Å². The molecule has 1 atom stereocenters. The van der Waals surface area contributed by atoms with Gasteiger partial charge in [-0.2, -0.15) is 5.10 Å². The zero-order chi connectivity index (χ0) is 15.4. The van der Waals surface area contributed by atoms with Crippen LogP contribution in [0.5, 0.6) is 0 Å². The highest BCUT2D eigenvalue weighted by atomic mass is 19.2. The summed E-state index contributed by atoms with van der Waals surface area (Å²) in [5.41, 5.74) is 1.13. The van der Waals surface area contributed by atoms with Crippen LogP contribution in [0, 0.1) is 18.6 Å². The van der Waals surface area contributed by atoms with E-state index in [1.807, 2.05) is 6.92 Å². The second kappa shape index (κ2) is 6.45. The molecule has 0 aliphatic carbocycles. The van der Waals surface area contributed by atoms with Crippen LogP contribution < -0.4 is 5.32 Å². The highest BCUT2D eigenvalue weighted by molar-refractivity contribution is 5.75. The van der Waals surface area contributed by atoms with Crippen LogP contribution in [0.2, 0.25) is 0 Å². The number of nitrogens with zero attached hydrogens (tertiary/aromatic N) is 2. The van der Waals surface area contributed by atoms with Crippen LogP contribution in [0.4, 0.5) is 8.78 Å². The van der Waals surface area contributed by atoms with E-state index in [-0.39, 0.29) is 24.6 Å². The highest BCUT2D eigenvalue weighted by Crippen LogP contribution is 2.15. The normalized spacial score (nSPS) is 12.2. The van der Waals surface area contributed by atoms with Crippen LogP contribution in [0.3, 0.4) is 0 Å². The first kappa shape index (κ1) is 15.1. The van der Waals surface area contributed by atoms with E-state index in [1.54, 1.807) is 12.4 Å². The summed E-state index contributed by atoms with van der Waals surface area (Å²) in [6, 6.07) is 3.11. The second-order valence-corrected chi connectivity index (χ2v) is 4.71. The molecule has 0 radical (unpaired) electrons. The number of amides is 1. The van der Waals surface area contributed by atoms with Gasteiger partial charge in [0.25, 0.3) is 0 Å². The van der Waals surface area contributed by atoms with Gasteiger partial charge in [0.2, 0.25) is 5.91 Å². The van der Waals surface area contributed by atoms with Gasteiger partial charge in [0.05, 0.1) is 12.3 Å². The van der Waals surface area contributed by atoms with Crippen LogP contribution in [0.15, 0.2) is 30.6 Å². The minimum atomic E-state index is -1.11. The number of nitrogens with one attached hydrogen (secondary N) is 1. The number of carbonyl (C=O) groups is 1. The fraction of sp³-hybridized carbons (Fsp3) is 0.286. The molecular formula is C14H15F2N3O2. The molecule has 2 rings (SSSR count). The summed E-state index contributed by atoms with van der Waals surface area (Å²) in [6.45, 7) is 1.79. The van der Waals surface area contributed by atoms with E-state index in [0.29, 0.717) is 0 Å². The molecule has 21 heavy (non-hydrogen) atoms. The van der Waals surface area contributed by atoms with Gasteiger partial charge in [0.15, 0.2) is 11.6 Å². The molecule has 0 aliphatic rings. The SMILES string of the molecule is Cc1cnn(CC(=O)NC[C@@H](O)c2ccc(F)c(F)c2)c1. The van der Waals surface area contributed by atoms with Crippen LogP contribution in [-0.2, 0) is 11.3 Å². The van der Waals surface area contributed by atoms with E-state index in [2.05, 4.69) is 10.4 Å². The van der Waals surface area contributed by atoms with Gasteiger partial charge in [-0.25, -0.2) is 8.78 Å². The van der Waals surface area contributed by atoms with Crippen molar-refractivity contribution < 1.29 is 18.7 Å². The van der Waals surface area contributed by atoms with E-state index in [1.165, 1.54) is 10.7 Å². The Bertz CT molecular complexity index is 643. The molecule has 0 saturated heterocycles. The number of aliphatic hydroxyl groups is 1.